The summed E-state index contributed by atoms with van der Waals surface area (Å²) in [5.41, 5.74) is 1.34. The maximum atomic E-state index is 11.5. The highest BCUT2D eigenvalue weighted by Crippen LogP contribution is 2.06. The molecule has 0 aliphatic carbocycles. The molecule has 0 saturated heterocycles. The van der Waals surface area contributed by atoms with E-state index >= 15 is 0 Å². The molecular formula is C13H18N4O4. The van der Waals surface area contributed by atoms with E-state index in [4.69, 9.17) is 5.11 Å². The minimum atomic E-state index is -0.974. The fourth-order valence-electron chi connectivity index (χ4n) is 1.59. The lowest BCUT2D eigenvalue weighted by Crippen LogP contribution is -2.39. The minimum absolute atomic E-state index is 0.0238. The molecule has 0 aromatic carbocycles. The number of nitrogens with one attached hydrogen (secondary N) is 2. The van der Waals surface area contributed by atoms with Gasteiger partial charge >= 0.3 is 12.0 Å². The van der Waals surface area contributed by atoms with Crippen LogP contribution in [0, 0.1) is 12.8 Å². The van der Waals surface area contributed by atoms with E-state index in [0.29, 0.717) is 5.69 Å². The highest BCUT2D eigenvalue weighted by atomic mass is 16.4. The van der Waals surface area contributed by atoms with Crippen molar-refractivity contribution in [2.75, 3.05) is 0 Å². The van der Waals surface area contributed by atoms with Crippen LogP contribution in [0.3, 0.4) is 0 Å². The first-order valence-electron chi connectivity index (χ1n) is 6.44. The molecular weight excluding hydrogens is 276 g/mol. The predicted molar refractivity (Wildman–Crippen MR) is 73.2 cm³/mol. The van der Waals surface area contributed by atoms with Crippen molar-refractivity contribution in [1.29, 1.82) is 0 Å². The lowest BCUT2D eigenvalue weighted by atomic mass is 10.0. The third kappa shape index (κ3) is 7.00. The van der Waals surface area contributed by atoms with Crippen LogP contribution >= 0.6 is 0 Å². The molecule has 1 aromatic rings. The number of carbonyl (C=O) groups excluding carboxylic acids is 2. The third-order valence-electron chi connectivity index (χ3n) is 2.57. The summed E-state index contributed by atoms with van der Waals surface area (Å²) in [6, 6.07) is -0.648. The van der Waals surface area contributed by atoms with E-state index in [1.54, 1.807) is 20.0 Å². The van der Waals surface area contributed by atoms with Crippen molar-refractivity contribution in [3.63, 3.8) is 0 Å². The van der Waals surface area contributed by atoms with Gasteiger partial charge in [0.2, 0.25) is 5.91 Å². The average molecular weight is 294 g/mol. The summed E-state index contributed by atoms with van der Waals surface area (Å²) < 4.78 is 0. The summed E-state index contributed by atoms with van der Waals surface area (Å²) in [4.78, 5) is 41.6. The standard InChI is InChI=1S/C13H18N4O4/c1-8(4-12(19)20)3-11(18)17-13(21)16-7-10-6-14-9(2)5-15-10/h5-6,8H,3-4,7H2,1-2H3,(H,19,20)(H2,16,17,18,21). The summed E-state index contributed by atoms with van der Waals surface area (Å²) >= 11 is 0. The zero-order valence-electron chi connectivity index (χ0n) is 11.9. The monoisotopic (exact) mass is 294 g/mol. The Balaban J connectivity index is 2.31. The molecule has 0 spiro atoms. The lowest BCUT2D eigenvalue weighted by Gasteiger charge is -2.09. The van der Waals surface area contributed by atoms with Gasteiger partial charge in [-0.3, -0.25) is 24.9 Å². The molecule has 0 radical (unpaired) electrons. The van der Waals surface area contributed by atoms with Crippen LogP contribution in [0.4, 0.5) is 4.79 Å². The molecule has 0 aliphatic rings. The number of hydrogen-bond acceptors (Lipinski definition) is 5. The maximum Gasteiger partial charge on any atom is 0.321 e. The Bertz CT molecular complexity index is 515. The average Bonchev–Trinajstić information content (AvgIpc) is 2.36. The van der Waals surface area contributed by atoms with Crippen molar-refractivity contribution in [1.82, 2.24) is 20.6 Å². The van der Waals surface area contributed by atoms with Crippen molar-refractivity contribution in [3.05, 3.63) is 23.8 Å². The second kappa shape index (κ2) is 7.93. The quantitative estimate of drug-likeness (QED) is 0.706. The molecule has 0 saturated carbocycles. The molecule has 1 unspecified atom stereocenters. The molecule has 1 heterocycles. The van der Waals surface area contributed by atoms with Gasteiger partial charge in [-0.15, -0.1) is 0 Å². The second-order valence-electron chi connectivity index (χ2n) is 4.79. The summed E-state index contributed by atoms with van der Waals surface area (Å²) in [6.07, 6.45) is 2.97. The van der Waals surface area contributed by atoms with Gasteiger partial charge in [-0.25, -0.2) is 4.79 Å². The highest BCUT2D eigenvalue weighted by molar-refractivity contribution is 5.94. The Morgan fingerprint density at radius 1 is 1.24 bits per heavy atom. The number of rotatable bonds is 6. The number of nitrogens with zero attached hydrogens (tertiary/aromatic N) is 2. The van der Waals surface area contributed by atoms with Crippen LogP contribution in [0.2, 0.25) is 0 Å². The Morgan fingerprint density at radius 2 is 1.95 bits per heavy atom. The van der Waals surface area contributed by atoms with E-state index in [-0.39, 0.29) is 25.3 Å². The Kier molecular flexibility index (Phi) is 6.25. The number of amides is 3. The van der Waals surface area contributed by atoms with Gasteiger partial charge in [0.25, 0.3) is 0 Å². The number of carbonyl (C=O) groups is 3. The van der Waals surface area contributed by atoms with E-state index in [1.165, 1.54) is 6.20 Å². The Labute approximate surface area is 122 Å². The SMILES string of the molecule is Cc1cnc(CNC(=O)NC(=O)CC(C)CC(=O)O)cn1. The fourth-order valence-corrected chi connectivity index (χ4v) is 1.59. The topological polar surface area (TPSA) is 121 Å². The predicted octanol–water partition coefficient (Wildman–Crippen LogP) is 0.612. The van der Waals surface area contributed by atoms with Crippen LogP contribution in [0.25, 0.3) is 0 Å². The number of hydrogen-bond donors (Lipinski definition) is 3. The van der Waals surface area contributed by atoms with Crippen molar-refractivity contribution >= 4 is 17.9 Å². The molecule has 1 aromatic heterocycles. The molecule has 8 nitrogen and oxygen atoms in total. The molecule has 0 aliphatic heterocycles. The molecule has 0 bridgehead atoms. The van der Waals surface area contributed by atoms with E-state index in [0.717, 1.165) is 5.69 Å². The minimum Gasteiger partial charge on any atom is -0.481 e. The van der Waals surface area contributed by atoms with Gasteiger partial charge in [0.15, 0.2) is 0 Å². The molecule has 8 heteroatoms. The largest absolute Gasteiger partial charge is 0.481 e. The van der Waals surface area contributed by atoms with Gasteiger partial charge in [-0.2, -0.15) is 0 Å². The first kappa shape index (κ1) is 16.5. The van der Waals surface area contributed by atoms with E-state index in [9.17, 15) is 14.4 Å². The van der Waals surface area contributed by atoms with Crippen molar-refractivity contribution in [2.24, 2.45) is 5.92 Å². The van der Waals surface area contributed by atoms with Crippen LogP contribution in [0.1, 0.15) is 31.2 Å². The molecule has 1 atom stereocenters. The van der Waals surface area contributed by atoms with E-state index in [1.807, 2.05) is 0 Å². The first-order valence-corrected chi connectivity index (χ1v) is 6.44. The van der Waals surface area contributed by atoms with Gasteiger partial charge in [-0.1, -0.05) is 6.92 Å². The van der Waals surface area contributed by atoms with Crippen LogP contribution < -0.4 is 10.6 Å². The van der Waals surface area contributed by atoms with Crippen molar-refractivity contribution in [3.8, 4) is 0 Å². The van der Waals surface area contributed by atoms with Crippen LogP contribution in [-0.2, 0) is 16.1 Å². The van der Waals surface area contributed by atoms with Gasteiger partial charge in [0.05, 0.1) is 24.1 Å². The van der Waals surface area contributed by atoms with E-state index in [2.05, 4.69) is 20.6 Å². The Morgan fingerprint density at radius 3 is 2.52 bits per heavy atom. The number of urea groups is 1. The number of imide groups is 1. The van der Waals surface area contributed by atoms with Gasteiger partial charge in [-0.05, 0) is 12.8 Å². The number of aliphatic carboxylic acids is 1. The summed E-state index contributed by atoms with van der Waals surface area (Å²) in [5.74, 6) is -1.83. The van der Waals surface area contributed by atoms with Crippen LogP contribution in [-0.4, -0.2) is 33.0 Å². The van der Waals surface area contributed by atoms with Gasteiger partial charge < -0.3 is 10.4 Å². The zero-order chi connectivity index (χ0) is 15.8. The maximum absolute atomic E-state index is 11.5. The molecule has 1 rings (SSSR count). The molecule has 114 valence electrons. The first-order chi connectivity index (χ1) is 9.86. The second-order valence-corrected chi connectivity index (χ2v) is 4.79. The normalized spacial score (nSPS) is 11.5. The van der Waals surface area contributed by atoms with Crippen molar-refractivity contribution in [2.45, 2.75) is 33.2 Å². The summed E-state index contributed by atoms with van der Waals surface area (Å²) in [5, 5.41) is 13.2. The third-order valence-corrected chi connectivity index (χ3v) is 2.57. The Hall–Kier alpha value is -2.51. The molecule has 0 fully saturated rings. The fraction of sp³-hybridized carbons (Fsp3) is 0.462. The van der Waals surface area contributed by atoms with E-state index < -0.39 is 17.9 Å². The van der Waals surface area contributed by atoms with Crippen LogP contribution in [0.5, 0.6) is 0 Å². The molecule has 3 amide bonds. The number of carboxylic acids is 1. The number of aryl methyl sites for hydroxylation is 1. The number of carboxylic acid groups (broad SMARTS) is 1. The van der Waals surface area contributed by atoms with Crippen molar-refractivity contribution < 1.29 is 19.5 Å². The number of aromatic nitrogens is 2. The summed E-state index contributed by atoms with van der Waals surface area (Å²) in [6.45, 7) is 3.58. The zero-order valence-corrected chi connectivity index (χ0v) is 11.9. The smallest absolute Gasteiger partial charge is 0.321 e. The molecule has 3 N–H and O–H groups in total. The summed E-state index contributed by atoms with van der Waals surface area (Å²) in [7, 11) is 0. The molecule has 21 heavy (non-hydrogen) atoms. The lowest BCUT2D eigenvalue weighted by molar-refractivity contribution is -0.138. The van der Waals surface area contributed by atoms with Gasteiger partial charge in [0, 0.05) is 19.0 Å². The highest BCUT2D eigenvalue weighted by Gasteiger charge is 2.14. The van der Waals surface area contributed by atoms with Gasteiger partial charge in [0.1, 0.15) is 0 Å². The van der Waals surface area contributed by atoms with Crippen LogP contribution in [0.15, 0.2) is 12.4 Å².